The lowest BCUT2D eigenvalue weighted by molar-refractivity contribution is -0.384. The second-order valence-corrected chi connectivity index (χ2v) is 8.82. The van der Waals surface area contributed by atoms with Crippen LogP contribution in [0.3, 0.4) is 0 Å². The van der Waals surface area contributed by atoms with Crippen LogP contribution in [0.15, 0.2) is 109 Å². The van der Waals surface area contributed by atoms with E-state index in [9.17, 15) is 23.3 Å². The number of para-hydroxylation sites is 1. The number of halogens is 4. The van der Waals surface area contributed by atoms with Crippen molar-refractivity contribution in [1.82, 2.24) is 4.57 Å². The molecule has 35 heavy (non-hydrogen) atoms. The molecule has 0 bridgehead atoms. The first-order chi connectivity index (χ1) is 16.7. The van der Waals surface area contributed by atoms with Crippen LogP contribution in [0.4, 0.5) is 18.9 Å². The molecule has 0 N–H and O–H groups in total. The van der Waals surface area contributed by atoms with Crippen LogP contribution in [-0.2, 0) is 6.18 Å². The number of benzene rings is 4. The Labute approximate surface area is 212 Å². The number of nitrogens with zero attached hydrogens (tertiary/aromatic N) is 2. The van der Waals surface area contributed by atoms with E-state index in [1.807, 2.05) is 18.2 Å². The fourth-order valence-electron chi connectivity index (χ4n) is 3.64. The van der Waals surface area contributed by atoms with Gasteiger partial charge in [-0.05, 0) is 82.1 Å². The van der Waals surface area contributed by atoms with Crippen molar-refractivity contribution in [3.63, 3.8) is 0 Å². The van der Waals surface area contributed by atoms with Crippen LogP contribution in [-0.4, -0.2) is 9.49 Å². The van der Waals surface area contributed by atoms with Gasteiger partial charge in [0.2, 0.25) is 0 Å². The number of fused-ring (bicyclic) bond motifs is 1. The molecule has 0 aliphatic heterocycles. The van der Waals surface area contributed by atoms with Crippen LogP contribution in [0.2, 0.25) is 0 Å². The first kappa shape index (κ1) is 24.5. The van der Waals surface area contributed by atoms with Gasteiger partial charge in [0.15, 0.2) is 0 Å². The summed E-state index contributed by atoms with van der Waals surface area (Å²) in [6, 6.07) is 28.7. The predicted molar refractivity (Wildman–Crippen MR) is 140 cm³/mol. The average Bonchev–Trinajstić information content (AvgIpc) is 3.28. The first-order valence-corrected chi connectivity index (χ1v) is 11.5. The minimum atomic E-state index is -4.44. The molecule has 0 fully saturated rings. The fourth-order valence-corrected chi connectivity index (χ4v) is 4.06. The summed E-state index contributed by atoms with van der Waals surface area (Å²) in [5.41, 5.74) is 1.33. The molecule has 1 aromatic heterocycles. The monoisotopic (exact) mass is 586 g/mol. The largest absolute Gasteiger partial charge is 0.416 e. The van der Waals surface area contributed by atoms with Gasteiger partial charge in [-0.1, -0.05) is 48.5 Å². The van der Waals surface area contributed by atoms with E-state index in [0.717, 1.165) is 17.5 Å². The molecule has 0 amide bonds. The van der Waals surface area contributed by atoms with Crippen LogP contribution >= 0.6 is 22.6 Å². The van der Waals surface area contributed by atoms with Crippen molar-refractivity contribution in [2.24, 2.45) is 0 Å². The SMILES string of the molecule is Ic1ccccc1.O=[N+]([O-])c1ccccc1-c1ccc2ccn(-c3cccc(C(F)(F)F)c3)c2c1. The summed E-state index contributed by atoms with van der Waals surface area (Å²) in [5, 5.41) is 12.1. The predicted octanol–water partition coefficient (Wildman–Crippen LogP) is 8.52. The fraction of sp³-hybridized carbons (Fsp3) is 0.0370. The lowest BCUT2D eigenvalue weighted by atomic mass is 10.0. The highest BCUT2D eigenvalue weighted by atomic mass is 127. The first-order valence-electron chi connectivity index (χ1n) is 10.5. The lowest BCUT2D eigenvalue weighted by Gasteiger charge is -2.11. The maximum Gasteiger partial charge on any atom is 0.416 e. The number of hydrogen-bond donors (Lipinski definition) is 0. The second kappa shape index (κ2) is 10.3. The van der Waals surface area contributed by atoms with Crippen LogP contribution in [0, 0.1) is 13.7 Å². The number of aromatic nitrogens is 1. The van der Waals surface area contributed by atoms with E-state index in [1.165, 1.54) is 15.7 Å². The van der Waals surface area contributed by atoms with Gasteiger partial charge in [0.25, 0.3) is 5.69 Å². The highest BCUT2D eigenvalue weighted by Gasteiger charge is 2.30. The lowest BCUT2D eigenvalue weighted by Crippen LogP contribution is -2.05. The van der Waals surface area contributed by atoms with Gasteiger partial charge in [-0.2, -0.15) is 13.2 Å². The highest BCUT2D eigenvalue weighted by molar-refractivity contribution is 14.1. The quantitative estimate of drug-likeness (QED) is 0.121. The Morgan fingerprint density at radius 2 is 1.51 bits per heavy atom. The summed E-state index contributed by atoms with van der Waals surface area (Å²) in [6.07, 6.45) is -2.75. The van der Waals surface area contributed by atoms with E-state index >= 15 is 0 Å². The molecule has 0 spiro atoms. The molecule has 0 unspecified atom stereocenters. The van der Waals surface area contributed by atoms with Crippen LogP contribution in [0.1, 0.15) is 5.56 Å². The standard InChI is InChI=1S/C21H13F3N2O2.C6H5I/c22-21(23,24)16-4-3-5-17(13-16)25-11-10-14-8-9-15(12-20(14)25)18-6-1-2-7-19(18)26(27)28;7-6-4-2-1-3-5-6/h1-13H;1-5H. The number of rotatable bonds is 3. The van der Waals surface area contributed by atoms with Crippen molar-refractivity contribution in [1.29, 1.82) is 0 Å². The van der Waals surface area contributed by atoms with Crippen molar-refractivity contribution in [2.75, 3.05) is 0 Å². The number of hydrogen-bond acceptors (Lipinski definition) is 2. The van der Waals surface area contributed by atoms with E-state index in [0.29, 0.717) is 22.3 Å². The molecular weight excluding hydrogens is 568 g/mol. The summed E-state index contributed by atoms with van der Waals surface area (Å²) in [6.45, 7) is 0. The van der Waals surface area contributed by atoms with Crippen molar-refractivity contribution in [3.05, 3.63) is 129 Å². The van der Waals surface area contributed by atoms with Gasteiger partial charge in [0, 0.05) is 21.5 Å². The minimum absolute atomic E-state index is 0.0287. The third kappa shape index (κ3) is 5.71. The Morgan fingerprint density at radius 3 is 2.17 bits per heavy atom. The molecule has 0 saturated heterocycles. The zero-order valence-electron chi connectivity index (χ0n) is 18.1. The second-order valence-electron chi connectivity index (χ2n) is 7.58. The van der Waals surface area contributed by atoms with E-state index < -0.39 is 16.7 Å². The van der Waals surface area contributed by atoms with Crippen molar-refractivity contribution < 1.29 is 18.1 Å². The summed E-state index contributed by atoms with van der Waals surface area (Å²) >= 11 is 2.28. The zero-order chi connectivity index (χ0) is 25.0. The average molecular weight is 586 g/mol. The number of nitro benzene ring substituents is 1. The Kier molecular flexibility index (Phi) is 7.20. The number of alkyl halides is 3. The molecule has 176 valence electrons. The molecule has 0 atom stereocenters. The van der Waals surface area contributed by atoms with Crippen LogP contribution < -0.4 is 0 Å². The van der Waals surface area contributed by atoms with E-state index in [4.69, 9.17) is 0 Å². The topological polar surface area (TPSA) is 48.1 Å². The summed E-state index contributed by atoms with van der Waals surface area (Å²) in [7, 11) is 0. The van der Waals surface area contributed by atoms with Gasteiger partial charge in [-0.3, -0.25) is 10.1 Å². The van der Waals surface area contributed by atoms with Gasteiger partial charge in [0.05, 0.1) is 21.6 Å². The molecule has 0 aliphatic rings. The number of nitro groups is 1. The van der Waals surface area contributed by atoms with Gasteiger partial charge >= 0.3 is 6.18 Å². The van der Waals surface area contributed by atoms with Gasteiger partial charge in [0.1, 0.15) is 0 Å². The third-order valence-corrected chi connectivity index (χ3v) is 6.01. The van der Waals surface area contributed by atoms with E-state index in [2.05, 4.69) is 34.7 Å². The van der Waals surface area contributed by atoms with Crippen molar-refractivity contribution in [3.8, 4) is 16.8 Å². The maximum absolute atomic E-state index is 13.1. The molecule has 0 saturated carbocycles. The Balaban J connectivity index is 0.000000356. The summed E-state index contributed by atoms with van der Waals surface area (Å²) in [4.78, 5) is 10.9. The summed E-state index contributed by atoms with van der Waals surface area (Å²) < 4.78 is 42.1. The minimum Gasteiger partial charge on any atom is -0.317 e. The molecule has 4 nitrogen and oxygen atoms in total. The normalized spacial score (nSPS) is 11.1. The van der Waals surface area contributed by atoms with Gasteiger partial charge < -0.3 is 4.57 Å². The maximum atomic E-state index is 13.1. The third-order valence-electron chi connectivity index (χ3n) is 5.29. The Bertz CT molecular complexity index is 1480. The molecule has 5 aromatic rings. The molecule has 0 aliphatic carbocycles. The molecule has 5 rings (SSSR count). The summed E-state index contributed by atoms with van der Waals surface area (Å²) in [5.74, 6) is 0. The van der Waals surface area contributed by atoms with Gasteiger partial charge in [-0.25, -0.2) is 0 Å². The Hall–Kier alpha value is -3.66. The van der Waals surface area contributed by atoms with Crippen molar-refractivity contribution >= 4 is 39.2 Å². The Morgan fingerprint density at radius 1 is 0.800 bits per heavy atom. The molecular formula is C27H18F3IN2O2. The van der Waals surface area contributed by atoms with E-state index in [-0.39, 0.29) is 5.69 Å². The van der Waals surface area contributed by atoms with Gasteiger partial charge in [-0.15, -0.1) is 0 Å². The van der Waals surface area contributed by atoms with Crippen molar-refractivity contribution in [2.45, 2.75) is 6.18 Å². The molecule has 1 heterocycles. The highest BCUT2D eigenvalue weighted by Crippen LogP contribution is 2.34. The smallest absolute Gasteiger partial charge is 0.317 e. The molecule has 8 heteroatoms. The van der Waals surface area contributed by atoms with Crippen LogP contribution in [0.5, 0.6) is 0 Å². The zero-order valence-corrected chi connectivity index (χ0v) is 20.3. The molecule has 4 aromatic carbocycles. The molecule has 0 radical (unpaired) electrons. The van der Waals surface area contributed by atoms with E-state index in [1.54, 1.807) is 59.3 Å². The van der Waals surface area contributed by atoms with Crippen LogP contribution in [0.25, 0.3) is 27.7 Å².